The molecular weight excluding hydrogens is 231 g/mol. The van der Waals surface area contributed by atoms with Gasteiger partial charge >= 0.3 is 0 Å². The van der Waals surface area contributed by atoms with Gasteiger partial charge in [0, 0.05) is 15.5 Å². The van der Waals surface area contributed by atoms with Gasteiger partial charge in [0.25, 0.3) is 0 Å². The Kier molecular flexibility index (Phi) is 3.27. The number of fused-ring (bicyclic) bond motifs is 1. The third kappa shape index (κ3) is 2.16. The Morgan fingerprint density at radius 1 is 1.40 bits per heavy atom. The monoisotopic (exact) mass is 242 g/mol. The van der Waals surface area contributed by atoms with Crippen molar-refractivity contribution in [1.82, 2.24) is 0 Å². The Morgan fingerprint density at radius 3 is 2.93 bits per heavy atom. The van der Waals surface area contributed by atoms with E-state index in [1.807, 2.05) is 6.07 Å². The Morgan fingerprint density at radius 2 is 2.20 bits per heavy atom. The van der Waals surface area contributed by atoms with Crippen LogP contribution in [0.5, 0.6) is 0 Å². The van der Waals surface area contributed by atoms with Crippen molar-refractivity contribution in [2.75, 3.05) is 5.88 Å². The summed E-state index contributed by atoms with van der Waals surface area (Å²) in [5.74, 6) is 0.523. The van der Waals surface area contributed by atoms with Crippen LogP contribution >= 0.6 is 22.9 Å². The Balaban J connectivity index is 2.45. The molecule has 0 aliphatic rings. The molecule has 0 unspecified atom stereocenters. The predicted molar refractivity (Wildman–Crippen MR) is 65.6 cm³/mol. The highest BCUT2D eigenvalue weighted by Crippen LogP contribution is 2.32. The number of rotatable bonds is 3. The normalized spacial score (nSPS) is 11.1. The lowest BCUT2D eigenvalue weighted by Crippen LogP contribution is -1.84. The summed E-state index contributed by atoms with van der Waals surface area (Å²) in [7, 11) is 0. The van der Waals surface area contributed by atoms with Gasteiger partial charge in [-0.05, 0) is 48.9 Å². The molecule has 0 fully saturated rings. The molecule has 0 atom stereocenters. The van der Waals surface area contributed by atoms with Crippen molar-refractivity contribution in [1.29, 1.82) is 0 Å². The number of hydrogen-bond acceptors (Lipinski definition) is 1. The Labute approximate surface area is 97.7 Å². The molecule has 0 amide bonds. The fraction of sp³-hybridized carbons (Fsp3) is 0.333. The Hall–Kier alpha value is -0.600. The zero-order valence-electron chi connectivity index (χ0n) is 8.52. The molecule has 0 aliphatic carbocycles. The number of benzene rings is 1. The first kappa shape index (κ1) is 10.9. The molecule has 0 radical (unpaired) electrons. The van der Waals surface area contributed by atoms with E-state index in [0.717, 1.165) is 18.2 Å². The van der Waals surface area contributed by atoms with Gasteiger partial charge in [-0.15, -0.1) is 22.9 Å². The maximum Gasteiger partial charge on any atom is 0.123 e. The van der Waals surface area contributed by atoms with Crippen LogP contribution in [0, 0.1) is 12.7 Å². The second kappa shape index (κ2) is 4.50. The van der Waals surface area contributed by atoms with Gasteiger partial charge < -0.3 is 0 Å². The number of alkyl halides is 1. The topological polar surface area (TPSA) is 0 Å². The smallest absolute Gasteiger partial charge is 0.123 e. The molecule has 0 spiro atoms. The van der Waals surface area contributed by atoms with Crippen LogP contribution in [0.3, 0.4) is 0 Å². The van der Waals surface area contributed by atoms with Gasteiger partial charge in [0.2, 0.25) is 0 Å². The highest BCUT2D eigenvalue weighted by Gasteiger charge is 2.08. The summed E-state index contributed by atoms with van der Waals surface area (Å²) in [4.78, 5) is 1.33. The largest absolute Gasteiger partial charge is 0.207 e. The van der Waals surface area contributed by atoms with E-state index in [1.165, 1.54) is 21.2 Å². The molecule has 0 nitrogen and oxygen atoms in total. The molecule has 1 aromatic heterocycles. The average molecular weight is 243 g/mol. The van der Waals surface area contributed by atoms with Crippen molar-refractivity contribution in [2.45, 2.75) is 19.8 Å². The first-order valence-electron chi connectivity index (χ1n) is 4.96. The molecule has 1 aromatic carbocycles. The zero-order valence-corrected chi connectivity index (χ0v) is 10.1. The molecule has 0 saturated heterocycles. The molecule has 1 heterocycles. The van der Waals surface area contributed by atoms with Crippen molar-refractivity contribution in [3.05, 3.63) is 34.5 Å². The number of thiophene rings is 1. The predicted octanol–water partition coefficient (Wildman–Crippen LogP) is 4.52. The quantitative estimate of drug-likeness (QED) is 0.695. The minimum absolute atomic E-state index is 0.160. The summed E-state index contributed by atoms with van der Waals surface area (Å²) < 4.78 is 14.2. The van der Waals surface area contributed by atoms with Crippen LogP contribution in [0.25, 0.3) is 10.1 Å². The minimum Gasteiger partial charge on any atom is -0.207 e. The van der Waals surface area contributed by atoms with Crippen LogP contribution in [0.2, 0.25) is 0 Å². The van der Waals surface area contributed by atoms with Crippen LogP contribution < -0.4 is 0 Å². The second-order valence-electron chi connectivity index (χ2n) is 3.58. The van der Waals surface area contributed by atoms with Gasteiger partial charge in [-0.2, -0.15) is 0 Å². The molecule has 3 heteroatoms. The first-order valence-corrected chi connectivity index (χ1v) is 6.31. The summed E-state index contributed by atoms with van der Waals surface area (Å²) in [6.45, 7) is 2.06. The van der Waals surface area contributed by atoms with Crippen molar-refractivity contribution < 1.29 is 4.39 Å². The fourth-order valence-corrected chi connectivity index (χ4v) is 3.08. The molecule has 0 bridgehead atoms. The van der Waals surface area contributed by atoms with Crippen LogP contribution in [-0.2, 0) is 6.42 Å². The van der Waals surface area contributed by atoms with Gasteiger partial charge in [-0.1, -0.05) is 0 Å². The van der Waals surface area contributed by atoms with Gasteiger partial charge in [0.15, 0.2) is 0 Å². The van der Waals surface area contributed by atoms with Crippen molar-refractivity contribution in [3.63, 3.8) is 0 Å². The standard InChI is InChI=1S/C12H12ClFS/c1-8-10-7-9(14)4-5-12(10)15-11(8)3-2-6-13/h4-5,7H,2-3,6H2,1H3. The molecule has 15 heavy (non-hydrogen) atoms. The highest BCUT2D eigenvalue weighted by atomic mass is 35.5. The lowest BCUT2D eigenvalue weighted by Gasteiger charge is -1.96. The van der Waals surface area contributed by atoms with E-state index in [1.54, 1.807) is 17.4 Å². The van der Waals surface area contributed by atoms with Crippen LogP contribution in [0.1, 0.15) is 16.9 Å². The lowest BCUT2D eigenvalue weighted by atomic mass is 10.1. The van der Waals surface area contributed by atoms with Crippen LogP contribution in [0.4, 0.5) is 4.39 Å². The SMILES string of the molecule is Cc1c(CCCCl)sc2ccc(F)cc12. The molecule has 2 aromatic rings. The number of aryl methyl sites for hydroxylation is 2. The maximum absolute atomic E-state index is 13.1. The summed E-state index contributed by atoms with van der Waals surface area (Å²) >= 11 is 7.42. The molecule has 0 N–H and O–H groups in total. The van der Waals surface area contributed by atoms with E-state index in [9.17, 15) is 4.39 Å². The summed E-state index contributed by atoms with van der Waals surface area (Å²) in [5.41, 5.74) is 1.21. The van der Waals surface area contributed by atoms with Crippen LogP contribution in [0.15, 0.2) is 18.2 Å². The average Bonchev–Trinajstić information content (AvgIpc) is 2.53. The van der Waals surface area contributed by atoms with Gasteiger partial charge in [-0.3, -0.25) is 0 Å². The van der Waals surface area contributed by atoms with E-state index in [4.69, 9.17) is 11.6 Å². The van der Waals surface area contributed by atoms with Gasteiger partial charge in [0.1, 0.15) is 5.82 Å². The minimum atomic E-state index is -0.160. The fourth-order valence-electron chi connectivity index (χ4n) is 1.71. The lowest BCUT2D eigenvalue weighted by molar-refractivity contribution is 0.630. The summed E-state index contributed by atoms with van der Waals surface area (Å²) in [6, 6.07) is 4.99. The van der Waals surface area contributed by atoms with E-state index in [0.29, 0.717) is 5.88 Å². The molecular formula is C12H12ClFS. The Bertz CT molecular complexity index is 476. The summed E-state index contributed by atoms with van der Waals surface area (Å²) in [5, 5.41) is 1.05. The molecule has 0 saturated carbocycles. The highest BCUT2D eigenvalue weighted by molar-refractivity contribution is 7.19. The van der Waals surface area contributed by atoms with Crippen molar-refractivity contribution in [2.24, 2.45) is 0 Å². The third-order valence-electron chi connectivity index (χ3n) is 2.53. The zero-order chi connectivity index (χ0) is 10.8. The molecule has 0 aliphatic heterocycles. The second-order valence-corrected chi connectivity index (χ2v) is 5.10. The van der Waals surface area contributed by atoms with Gasteiger partial charge in [0.05, 0.1) is 0 Å². The van der Waals surface area contributed by atoms with Crippen molar-refractivity contribution >= 4 is 33.0 Å². The number of halogens is 2. The van der Waals surface area contributed by atoms with Gasteiger partial charge in [-0.25, -0.2) is 4.39 Å². The maximum atomic E-state index is 13.1. The number of hydrogen-bond donors (Lipinski definition) is 0. The van der Waals surface area contributed by atoms with Crippen LogP contribution in [-0.4, -0.2) is 5.88 Å². The molecule has 2 rings (SSSR count). The van der Waals surface area contributed by atoms with E-state index >= 15 is 0 Å². The van der Waals surface area contributed by atoms with E-state index in [-0.39, 0.29) is 5.82 Å². The van der Waals surface area contributed by atoms with E-state index < -0.39 is 0 Å². The first-order chi connectivity index (χ1) is 7.22. The molecule has 80 valence electrons. The van der Waals surface area contributed by atoms with E-state index in [2.05, 4.69) is 6.92 Å². The third-order valence-corrected chi connectivity index (χ3v) is 4.13. The summed E-state index contributed by atoms with van der Waals surface area (Å²) in [6.07, 6.45) is 1.98. The van der Waals surface area contributed by atoms with Crippen molar-refractivity contribution in [3.8, 4) is 0 Å².